The van der Waals surface area contributed by atoms with Crippen molar-refractivity contribution in [3.63, 3.8) is 0 Å². The standard InChI is InChI=1S/C10H15NO3S.C5H11NO2/c1-2-6-10(15(12,13)14)9-11-7-4-3-5-8-11;1-6(2,3)4-5(7)8/h3-5,7-8,10H,2,6,9H2,1H3;4H2,1-3H3/p+1. The van der Waals surface area contributed by atoms with Crippen LogP contribution < -0.4 is 9.67 Å². The van der Waals surface area contributed by atoms with Crippen molar-refractivity contribution in [1.29, 1.82) is 0 Å². The topological polar surface area (TPSA) is 98.4 Å². The van der Waals surface area contributed by atoms with Gasteiger partial charge >= 0.3 is 0 Å². The highest BCUT2D eigenvalue weighted by Gasteiger charge is 2.26. The van der Waals surface area contributed by atoms with Gasteiger partial charge in [0.2, 0.25) is 0 Å². The number of quaternary nitrogens is 1. The number of likely N-dealkylation sites (N-methyl/N-ethyl adjacent to an activating group) is 1. The van der Waals surface area contributed by atoms with Crippen LogP contribution >= 0.6 is 0 Å². The fraction of sp³-hybridized carbons (Fsp3) is 0.600. The summed E-state index contributed by atoms with van der Waals surface area (Å²) in [5, 5.41) is 9.18. The molecule has 0 aromatic carbocycles. The van der Waals surface area contributed by atoms with E-state index in [1.807, 2.05) is 25.1 Å². The van der Waals surface area contributed by atoms with E-state index in [4.69, 9.17) is 4.55 Å². The van der Waals surface area contributed by atoms with Crippen LogP contribution in [0.5, 0.6) is 0 Å². The minimum Gasteiger partial charge on any atom is -0.544 e. The molecule has 0 fully saturated rings. The molecule has 7 nitrogen and oxygen atoms in total. The minimum atomic E-state index is -3.95. The van der Waals surface area contributed by atoms with Gasteiger partial charge in [-0.3, -0.25) is 4.55 Å². The molecule has 1 aromatic rings. The van der Waals surface area contributed by atoms with Gasteiger partial charge in [-0.05, 0) is 6.42 Å². The van der Waals surface area contributed by atoms with Gasteiger partial charge in [-0.1, -0.05) is 19.4 Å². The van der Waals surface area contributed by atoms with Crippen molar-refractivity contribution in [2.45, 2.75) is 31.6 Å². The normalized spacial score (nSPS) is 12.9. The maximum atomic E-state index is 11.1. The van der Waals surface area contributed by atoms with Gasteiger partial charge in [0.15, 0.2) is 18.9 Å². The summed E-state index contributed by atoms with van der Waals surface area (Å²) >= 11 is 0. The molecule has 0 spiro atoms. The Hall–Kier alpha value is -1.51. The molecule has 0 aliphatic heterocycles. The third-order valence-corrected chi connectivity index (χ3v) is 4.05. The molecule has 0 amide bonds. The van der Waals surface area contributed by atoms with Crippen molar-refractivity contribution < 1.29 is 31.9 Å². The smallest absolute Gasteiger partial charge is 0.274 e. The fourth-order valence-electron chi connectivity index (χ4n) is 1.83. The molecule has 23 heavy (non-hydrogen) atoms. The first-order valence-electron chi connectivity index (χ1n) is 7.36. The minimum absolute atomic E-state index is 0.0694. The second-order valence-electron chi connectivity index (χ2n) is 6.32. The predicted octanol–water partition coefficient (Wildman–Crippen LogP) is -0.527. The lowest BCUT2D eigenvalue weighted by Crippen LogP contribution is -2.45. The Morgan fingerprint density at radius 1 is 1.22 bits per heavy atom. The number of nitrogens with zero attached hydrogens (tertiary/aromatic N) is 2. The van der Waals surface area contributed by atoms with Crippen molar-refractivity contribution in [2.75, 3.05) is 27.7 Å². The summed E-state index contributed by atoms with van der Waals surface area (Å²) in [6.07, 6.45) is 4.78. The molecule has 1 atom stereocenters. The summed E-state index contributed by atoms with van der Waals surface area (Å²) in [6.45, 7) is 2.27. The molecule has 0 radical (unpaired) electrons. The lowest BCUT2D eigenvalue weighted by Gasteiger charge is -2.23. The molecule has 8 heteroatoms. The third kappa shape index (κ3) is 11.7. The first kappa shape index (κ1) is 21.5. The number of rotatable bonds is 7. The van der Waals surface area contributed by atoms with E-state index in [9.17, 15) is 18.3 Å². The van der Waals surface area contributed by atoms with Crippen molar-refractivity contribution in [1.82, 2.24) is 0 Å². The fourth-order valence-corrected chi connectivity index (χ4v) is 2.73. The summed E-state index contributed by atoms with van der Waals surface area (Å²) < 4.78 is 33.3. The van der Waals surface area contributed by atoms with Gasteiger partial charge in [-0.15, -0.1) is 0 Å². The van der Waals surface area contributed by atoms with Crippen molar-refractivity contribution in [2.24, 2.45) is 0 Å². The molecule has 1 N–H and O–H groups in total. The molecule has 0 saturated carbocycles. The van der Waals surface area contributed by atoms with E-state index >= 15 is 0 Å². The van der Waals surface area contributed by atoms with Crippen LogP contribution in [0.2, 0.25) is 0 Å². The molecule has 1 rings (SSSR count). The van der Waals surface area contributed by atoms with Gasteiger partial charge in [0, 0.05) is 12.1 Å². The molecule has 0 bridgehead atoms. The SMILES string of the molecule is CCCC(C[n+]1ccccc1)S(=O)(=O)O.C[N+](C)(C)CC(=O)[O-]. The van der Waals surface area contributed by atoms with Crippen LogP contribution in [0, 0.1) is 0 Å². The van der Waals surface area contributed by atoms with Gasteiger partial charge in [0.1, 0.15) is 11.8 Å². The maximum Gasteiger partial charge on any atom is 0.274 e. The van der Waals surface area contributed by atoms with Crippen molar-refractivity contribution >= 4 is 16.1 Å². The molecular formula is C15H27N2O5S+. The lowest BCUT2D eigenvalue weighted by atomic mass is 10.2. The largest absolute Gasteiger partial charge is 0.544 e. The third-order valence-electron chi connectivity index (χ3n) is 2.83. The van der Waals surface area contributed by atoms with E-state index in [-0.39, 0.29) is 6.54 Å². The predicted molar refractivity (Wildman–Crippen MR) is 84.8 cm³/mol. The molecular weight excluding hydrogens is 320 g/mol. The molecule has 132 valence electrons. The summed E-state index contributed by atoms with van der Waals surface area (Å²) in [6, 6.07) is 5.51. The molecule has 1 unspecified atom stereocenters. The highest BCUT2D eigenvalue weighted by atomic mass is 32.2. The Balaban J connectivity index is 0.000000515. The maximum absolute atomic E-state index is 11.1. The van der Waals surface area contributed by atoms with Crippen LogP contribution in [0.15, 0.2) is 30.6 Å². The number of aliphatic carboxylic acids is 1. The summed E-state index contributed by atoms with van der Waals surface area (Å²) in [5.41, 5.74) is 0. The highest BCUT2D eigenvalue weighted by Crippen LogP contribution is 2.07. The number of hydrogen-bond donors (Lipinski definition) is 1. The molecule has 1 heterocycles. The molecule has 0 aliphatic rings. The number of carbonyl (C=O) groups excluding carboxylic acids is 1. The lowest BCUT2D eigenvalue weighted by molar-refractivity contribution is -0.864. The summed E-state index contributed by atoms with van der Waals surface area (Å²) in [7, 11) is 1.46. The van der Waals surface area contributed by atoms with Gasteiger partial charge in [-0.2, -0.15) is 8.42 Å². The van der Waals surface area contributed by atoms with Crippen LogP contribution in [0.25, 0.3) is 0 Å². The Morgan fingerprint density at radius 2 is 1.74 bits per heavy atom. The Kier molecular flexibility index (Phi) is 8.96. The van der Waals surface area contributed by atoms with Crippen molar-refractivity contribution in [3.8, 4) is 0 Å². The Labute approximate surface area is 138 Å². The van der Waals surface area contributed by atoms with Crippen LogP contribution in [-0.2, 0) is 21.5 Å². The number of pyridine rings is 1. The van der Waals surface area contributed by atoms with Crippen LogP contribution in [0.3, 0.4) is 0 Å². The molecule has 0 aliphatic carbocycles. The van der Waals surface area contributed by atoms with Gasteiger partial charge < -0.3 is 14.4 Å². The van der Waals surface area contributed by atoms with E-state index in [0.29, 0.717) is 17.4 Å². The second kappa shape index (κ2) is 9.59. The van der Waals surface area contributed by atoms with Crippen LogP contribution in [0.1, 0.15) is 19.8 Å². The Bertz CT molecular complexity index is 567. The number of aromatic nitrogens is 1. The van der Waals surface area contributed by atoms with Crippen molar-refractivity contribution in [3.05, 3.63) is 30.6 Å². The number of carbonyl (C=O) groups is 1. The first-order chi connectivity index (χ1) is 10.5. The van der Waals surface area contributed by atoms with Gasteiger partial charge in [-0.25, -0.2) is 4.57 Å². The molecule has 1 aromatic heterocycles. The summed E-state index contributed by atoms with van der Waals surface area (Å²) in [4.78, 5) is 9.89. The number of hydrogen-bond acceptors (Lipinski definition) is 4. The van der Waals surface area contributed by atoms with Crippen LogP contribution in [0.4, 0.5) is 0 Å². The number of carboxylic acid groups (broad SMARTS) is 1. The molecule has 0 saturated heterocycles. The number of carboxylic acids is 1. The van der Waals surface area contributed by atoms with E-state index in [1.54, 1.807) is 38.1 Å². The van der Waals surface area contributed by atoms with E-state index in [1.165, 1.54) is 0 Å². The zero-order chi connectivity index (χ0) is 18.1. The Morgan fingerprint density at radius 3 is 2.04 bits per heavy atom. The monoisotopic (exact) mass is 347 g/mol. The van der Waals surface area contributed by atoms with Gasteiger partial charge in [0.25, 0.3) is 10.1 Å². The zero-order valence-electron chi connectivity index (χ0n) is 14.2. The zero-order valence-corrected chi connectivity index (χ0v) is 15.0. The van der Waals surface area contributed by atoms with E-state index in [2.05, 4.69) is 0 Å². The summed E-state index contributed by atoms with van der Waals surface area (Å²) in [5.74, 6) is -1.00. The quantitative estimate of drug-likeness (QED) is 0.406. The average molecular weight is 347 g/mol. The van der Waals surface area contributed by atoms with E-state index < -0.39 is 21.3 Å². The average Bonchev–Trinajstić information content (AvgIpc) is 2.36. The second-order valence-corrected chi connectivity index (χ2v) is 8.01. The van der Waals surface area contributed by atoms with E-state index in [0.717, 1.165) is 6.42 Å². The van der Waals surface area contributed by atoms with Gasteiger partial charge in [0.05, 0.1) is 27.1 Å². The first-order valence-corrected chi connectivity index (χ1v) is 8.86. The van der Waals surface area contributed by atoms with Crippen LogP contribution in [-0.4, -0.2) is 56.4 Å². The highest BCUT2D eigenvalue weighted by molar-refractivity contribution is 7.86.